The number of esters is 1. The largest absolute Gasteiger partial charge is 0.497 e. The Morgan fingerprint density at radius 3 is 2.40 bits per heavy atom. The Kier molecular flexibility index (Phi) is 6.09. The van der Waals surface area contributed by atoms with Crippen LogP contribution in [-0.2, 0) is 11.3 Å². The summed E-state index contributed by atoms with van der Waals surface area (Å²) in [7, 11) is 1.62. The molecule has 0 spiro atoms. The summed E-state index contributed by atoms with van der Waals surface area (Å²) >= 11 is 1.39. The van der Waals surface area contributed by atoms with Gasteiger partial charge in [-0.2, -0.15) is 0 Å². The van der Waals surface area contributed by atoms with Gasteiger partial charge in [0.25, 0.3) is 5.91 Å². The lowest BCUT2D eigenvalue weighted by Gasteiger charge is -2.15. The molecule has 0 N–H and O–H groups in total. The van der Waals surface area contributed by atoms with Crippen molar-refractivity contribution in [1.82, 2.24) is 9.88 Å². The quantitative estimate of drug-likeness (QED) is 0.551. The van der Waals surface area contributed by atoms with E-state index in [-0.39, 0.29) is 18.2 Å². The third kappa shape index (κ3) is 4.52. The van der Waals surface area contributed by atoms with Crippen LogP contribution in [0.15, 0.2) is 53.9 Å². The van der Waals surface area contributed by atoms with Gasteiger partial charge in [0, 0.05) is 29.6 Å². The SMILES string of the molecule is COc1ccc(-c2nc(C(=O)OCc3ccc(C(=O)N4CCCC4)cc3)cs2)cc1. The molecule has 1 saturated heterocycles. The van der Waals surface area contributed by atoms with E-state index in [1.165, 1.54) is 11.3 Å². The van der Waals surface area contributed by atoms with E-state index in [0.717, 1.165) is 47.8 Å². The number of thiazole rings is 1. The molecule has 7 heteroatoms. The molecule has 1 aliphatic rings. The monoisotopic (exact) mass is 422 g/mol. The zero-order valence-corrected chi connectivity index (χ0v) is 17.5. The second kappa shape index (κ2) is 9.09. The summed E-state index contributed by atoms with van der Waals surface area (Å²) in [6, 6.07) is 14.7. The van der Waals surface area contributed by atoms with E-state index in [9.17, 15) is 9.59 Å². The molecule has 30 heavy (non-hydrogen) atoms. The average molecular weight is 423 g/mol. The molecule has 2 heterocycles. The minimum absolute atomic E-state index is 0.0598. The summed E-state index contributed by atoms with van der Waals surface area (Å²) in [6.07, 6.45) is 2.13. The number of methoxy groups -OCH3 is 1. The van der Waals surface area contributed by atoms with Crippen molar-refractivity contribution in [3.8, 4) is 16.3 Å². The van der Waals surface area contributed by atoms with Crippen molar-refractivity contribution in [2.45, 2.75) is 19.4 Å². The number of rotatable bonds is 6. The molecule has 1 aromatic heterocycles. The van der Waals surface area contributed by atoms with Gasteiger partial charge in [-0.05, 0) is 54.8 Å². The molecule has 6 nitrogen and oxygen atoms in total. The topological polar surface area (TPSA) is 68.7 Å². The van der Waals surface area contributed by atoms with Gasteiger partial charge in [-0.3, -0.25) is 4.79 Å². The number of amides is 1. The van der Waals surface area contributed by atoms with Crippen LogP contribution in [0.25, 0.3) is 10.6 Å². The fraction of sp³-hybridized carbons (Fsp3) is 0.261. The van der Waals surface area contributed by atoms with E-state index in [2.05, 4.69) is 4.98 Å². The van der Waals surface area contributed by atoms with Crippen molar-refractivity contribution < 1.29 is 19.1 Å². The van der Waals surface area contributed by atoms with Gasteiger partial charge in [-0.25, -0.2) is 9.78 Å². The van der Waals surface area contributed by atoms with Crippen LogP contribution in [0.1, 0.15) is 39.3 Å². The van der Waals surface area contributed by atoms with Gasteiger partial charge in [0.2, 0.25) is 0 Å². The molecule has 0 bridgehead atoms. The van der Waals surface area contributed by atoms with E-state index in [0.29, 0.717) is 5.56 Å². The maximum Gasteiger partial charge on any atom is 0.358 e. The molecule has 0 radical (unpaired) electrons. The highest BCUT2D eigenvalue weighted by Crippen LogP contribution is 2.26. The molecule has 154 valence electrons. The lowest BCUT2D eigenvalue weighted by Crippen LogP contribution is -2.27. The van der Waals surface area contributed by atoms with Crippen molar-refractivity contribution in [3.63, 3.8) is 0 Å². The number of hydrogen-bond acceptors (Lipinski definition) is 6. The maximum absolute atomic E-state index is 12.4. The summed E-state index contributed by atoms with van der Waals surface area (Å²) in [5, 5.41) is 2.44. The number of hydrogen-bond donors (Lipinski definition) is 0. The van der Waals surface area contributed by atoms with Crippen LogP contribution in [-0.4, -0.2) is 42.0 Å². The molecule has 0 aliphatic carbocycles. The van der Waals surface area contributed by atoms with Crippen molar-refractivity contribution in [1.29, 1.82) is 0 Å². The first kappa shape index (κ1) is 20.1. The lowest BCUT2D eigenvalue weighted by atomic mass is 10.1. The summed E-state index contributed by atoms with van der Waals surface area (Å²) in [5.41, 5.74) is 2.69. The number of aromatic nitrogens is 1. The minimum atomic E-state index is -0.469. The second-order valence-corrected chi connectivity index (χ2v) is 7.90. The van der Waals surface area contributed by atoms with E-state index in [1.807, 2.05) is 41.3 Å². The first-order valence-electron chi connectivity index (χ1n) is 9.79. The Balaban J connectivity index is 1.34. The number of carbonyl (C=O) groups is 2. The van der Waals surface area contributed by atoms with Crippen molar-refractivity contribution in [2.75, 3.05) is 20.2 Å². The molecule has 1 amide bonds. The molecule has 1 aliphatic heterocycles. The number of ether oxygens (including phenoxy) is 2. The maximum atomic E-state index is 12.4. The van der Waals surface area contributed by atoms with Crippen LogP contribution >= 0.6 is 11.3 Å². The number of carbonyl (C=O) groups excluding carboxylic acids is 2. The van der Waals surface area contributed by atoms with Crippen LogP contribution in [0, 0.1) is 0 Å². The predicted molar refractivity (Wildman–Crippen MR) is 115 cm³/mol. The van der Waals surface area contributed by atoms with E-state index in [4.69, 9.17) is 9.47 Å². The van der Waals surface area contributed by atoms with Crippen molar-refractivity contribution in [3.05, 3.63) is 70.7 Å². The van der Waals surface area contributed by atoms with Crippen LogP contribution in [0.5, 0.6) is 5.75 Å². The number of likely N-dealkylation sites (tertiary alicyclic amines) is 1. The Morgan fingerprint density at radius 1 is 1.03 bits per heavy atom. The molecule has 0 saturated carbocycles. The van der Waals surface area contributed by atoms with Crippen molar-refractivity contribution in [2.24, 2.45) is 0 Å². The fourth-order valence-electron chi connectivity index (χ4n) is 3.30. The highest BCUT2D eigenvalue weighted by Gasteiger charge is 2.19. The zero-order chi connectivity index (χ0) is 20.9. The Bertz CT molecular complexity index is 1020. The second-order valence-electron chi connectivity index (χ2n) is 7.04. The third-order valence-corrected chi connectivity index (χ3v) is 5.91. The summed E-state index contributed by atoms with van der Waals surface area (Å²) in [6.45, 7) is 1.78. The molecular weight excluding hydrogens is 400 g/mol. The molecule has 2 aromatic carbocycles. The normalized spacial score (nSPS) is 13.3. The first-order chi connectivity index (χ1) is 14.6. The van der Waals surface area contributed by atoms with Gasteiger partial charge in [-0.15, -0.1) is 11.3 Å². The smallest absolute Gasteiger partial charge is 0.358 e. The third-order valence-electron chi connectivity index (χ3n) is 5.01. The van der Waals surface area contributed by atoms with Crippen LogP contribution in [0.4, 0.5) is 0 Å². The van der Waals surface area contributed by atoms with Crippen LogP contribution in [0.3, 0.4) is 0 Å². The predicted octanol–water partition coefficient (Wildman–Crippen LogP) is 4.41. The fourth-order valence-corrected chi connectivity index (χ4v) is 4.10. The number of nitrogens with zero attached hydrogens (tertiary/aromatic N) is 2. The van der Waals surface area contributed by atoms with Gasteiger partial charge in [0.15, 0.2) is 5.69 Å². The first-order valence-corrected chi connectivity index (χ1v) is 10.7. The van der Waals surface area contributed by atoms with E-state index >= 15 is 0 Å². The molecule has 3 aromatic rings. The summed E-state index contributed by atoms with van der Waals surface area (Å²) < 4.78 is 10.5. The zero-order valence-electron chi connectivity index (χ0n) is 16.7. The van der Waals surface area contributed by atoms with E-state index < -0.39 is 5.97 Å². The van der Waals surface area contributed by atoms with Gasteiger partial charge in [-0.1, -0.05) is 12.1 Å². The number of benzene rings is 2. The lowest BCUT2D eigenvalue weighted by molar-refractivity contribution is 0.0466. The van der Waals surface area contributed by atoms with Crippen LogP contribution in [0.2, 0.25) is 0 Å². The molecular formula is C23H22N2O4S. The van der Waals surface area contributed by atoms with Gasteiger partial charge >= 0.3 is 5.97 Å². The summed E-state index contributed by atoms with van der Waals surface area (Å²) in [5.74, 6) is 0.357. The van der Waals surface area contributed by atoms with Gasteiger partial charge in [0.1, 0.15) is 17.4 Å². The molecule has 0 unspecified atom stereocenters. The van der Waals surface area contributed by atoms with Crippen LogP contribution < -0.4 is 4.74 Å². The Hall–Kier alpha value is -3.19. The molecule has 0 atom stereocenters. The Labute approximate surface area is 179 Å². The highest BCUT2D eigenvalue weighted by atomic mass is 32.1. The summed E-state index contributed by atoms with van der Waals surface area (Å²) in [4.78, 5) is 31.0. The molecule has 4 rings (SSSR count). The van der Waals surface area contributed by atoms with Crippen molar-refractivity contribution >= 4 is 23.2 Å². The Morgan fingerprint density at radius 2 is 1.73 bits per heavy atom. The average Bonchev–Trinajstić information content (AvgIpc) is 3.50. The highest BCUT2D eigenvalue weighted by molar-refractivity contribution is 7.13. The van der Waals surface area contributed by atoms with Gasteiger partial charge in [0.05, 0.1) is 7.11 Å². The van der Waals surface area contributed by atoms with E-state index in [1.54, 1.807) is 24.6 Å². The standard InChI is InChI=1S/C23H22N2O4S/c1-28-19-10-8-17(9-11-19)21-24-20(15-30-21)23(27)29-14-16-4-6-18(7-5-16)22(26)25-12-2-3-13-25/h4-11,15H,2-3,12-14H2,1H3. The van der Waals surface area contributed by atoms with Gasteiger partial charge < -0.3 is 14.4 Å². The minimum Gasteiger partial charge on any atom is -0.497 e. The molecule has 1 fully saturated rings.